The lowest BCUT2D eigenvalue weighted by Crippen LogP contribution is -2.13. The molecule has 182 valence electrons. The van der Waals surface area contributed by atoms with Crippen molar-refractivity contribution in [1.29, 1.82) is 0 Å². The average molecular weight is 463 g/mol. The molecule has 0 rings (SSSR count). The van der Waals surface area contributed by atoms with Crippen LogP contribution in [0.25, 0.3) is 0 Å². The van der Waals surface area contributed by atoms with Gasteiger partial charge in [0.2, 0.25) is 0 Å². The maximum atomic E-state index is 11.5. The van der Waals surface area contributed by atoms with Crippen LogP contribution < -0.4 is 0 Å². The second-order valence-corrected chi connectivity index (χ2v) is 9.88. The van der Waals surface area contributed by atoms with E-state index in [1.165, 1.54) is 64.2 Å². The van der Waals surface area contributed by atoms with Crippen molar-refractivity contribution in [2.45, 2.75) is 116 Å². The van der Waals surface area contributed by atoms with Crippen LogP contribution in [0.3, 0.4) is 0 Å². The molecule has 0 aliphatic heterocycles. The van der Waals surface area contributed by atoms with Crippen molar-refractivity contribution in [3.8, 4) is 0 Å². The average Bonchev–Trinajstić information content (AvgIpc) is 2.68. The molecule has 0 saturated heterocycles. The van der Waals surface area contributed by atoms with E-state index in [9.17, 15) is 28.2 Å². The fourth-order valence-electron chi connectivity index (χ4n) is 3.70. The van der Waals surface area contributed by atoms with Gasteiger partial charge in [-0.2, -0.15) is 8.42 Å². The van der Waals surface area contributed by atoms with E-state index in [2.05, 4.69) is 6.92 Å². The maximum absolute atomic E-state index is 11.5. The van der Waals surface area contributed by atoms with Gasteiger partial charge in [0.25, 0.3) is 10.1 Å². The molecule has 0 saturated carbocycles. The van der Waals surface area contributed by atoms with E-state index in [0.29, 0.717) is 6.42 Å². The van der Waals surface area contributed by atoms with Crippen molar-refractivity contribution in [3.05, 3.63) is 11.1 Å². The van der Waals surface area contributed by atoms with Crippen LogP contribution in [0.2, 0.25) is 0 Å². The van der Waals surface area contributed by atoms with Gasteiger partial charge in [-0.1, -0.05) is 90.4 Å². The van der Waals surface area contributed by atoms with Crippen molar-refractivity contribution in [2.24, 2.45) is 0 Å². The molecule has 0 aliphatic carbocycles. The largest absolute Gasteiger partial charge is 0.478 e. The molecule has 0 fully saturated rings. The quantitative estimate of drug-likeness (QED) is 0.108. The van der Waals surface area contributed by atoms with Gasteiger partial charge in [0.15, 0.2) is 0 Å². The Kier molecular flexibility index (Phi) is 17.4. The minimum Gasteiger partial charge on any atom is -0.478 e. The first-order valence-corrected chi connectivity index (χ1v) is 13.4. The first-order valence-electron chi connectivity index (χ1n) is 11.8. The van der Waals surface area contributed by atoms with Gasteiger partial charge in [0.05, 0.1) is 5.75 Å². The third kappa shape index (κ3) is 17.9. The lowest BCUT2D eigenvalue weighted by Gasteiger charge is -2.09. The summed E-state index contributed by atoms with van der Waals surface area (Å²) in [6.07, 6.45) is 16.3. The first-order chi connectivity index (χ1) is 14.7. The number of rotatable bonds is 21. The van der Waals surface area contributed by atoms with Crippen LogP contribution in [-0.4, -0.2) is 40.9 Å². The van der Waals surface area contributed by atoms with Gasteiger partial charge < -0.3 is 10.2 Å². The number of unbranched alkanes of at least 4 members (excludes halogenated alkanes) is 13. The molecule has 0 heterocycles. The molecule has 8 heteroatoms. The molecule has 3 N–H and O–H groups in total. The summed E-state index contributed by atoms with van der Waals surface area (Å²) >= 11 is 0. The molecule has 0 spiro atoms. The molecule has 0 unspecified atom stereocenters. The van der Waals surface area contributed by atoms with E-state index in [-0.39, 0.29) is 30.4 Å². The zero-order chi connectivity index (χ0) is 23.5. The Hall–Kier alpha value is -1.41. The second kappa shape index (κ2) is 18.2. The van der Waals surface area contributed by atoms with Gasteiger partial charge in [-0.25, -0.2) is 9.59 Å². The normalized spacial score (nSPS) is 12.6. The fourth-order valence-corrected chi connectivity index (χ4v) is 4.21. The van der Waals surface area contributed by atoms with E-state index in [1.54, 1.807) is 0 Å². The molecule has 31 heavy (non-hydrogen) atoms. The van der Waals surface area contributed by atoms with Crippen LogP contribution in [0.15, 0.2) is 11.1 Å². The Morgan fingerprint density at radius 3 is 1.23 bits per heavy atom. The molecule has 0 bridgehead atoms. The van der Waals surface area contributed by atoms with Crippen LogP contribution in [-0.2, 0) is 19.7 Å². The minimum absolute atomic E-state index is 0.129. The summed E-state index contributed by atoms with van der Waals surface area (Å²) in [7, 11) is -4.20. The minimum atomic E-state index is -4.20. The van der Waals surface area contributed by atoms with Crippen molar-refractivity contribution in [1.82, 2.24) is 0 Å². The topological polar surface area (TPSA) is 129 Å². The SMILES string of the molecule is CCCCCCCCCCCCCCCC/C(C(=O)O)=C(\CCCS(=O)(=O)O)C(=O)O. The van der Waals surface area contributed by atoms with Crippen LogP contribution in [0.1, 0.15) is 116 Å². The van der Waals surface area contributed by atoms with Gasteiger partial charge in [-0.15, -0.1) is 0 Å². The van der Waals surface area contributed by atoms with Gasteiger partial charge >= 0.3 is 11.9 Å². The highest BCUT2D eigenvalue weighted by Gasteiger charge is 2.20. The lowest BCUT2D eigenvalue weighted by molar-refractivity contribution is -0.136. The zero-order valence-electron chi connectivity index (χ0n) is 19.1. The molecule has 0 aromatic carbocycles. The number of carboxylic acid groups (broad SMARTS) is 2. The van der Waals surface area contributed by atoms with Gasteiger partial charge in [-0.3, -0.25) is 4.55 Å². The van der Waals surface area contributed by atoms with Crippen molar-refractivity contribution >= 4 is 22.1 Å². The molecular weight excluding hydrogens is 420 g/mol. The highest BCUT2D eigenvalue weighted by Crippen LogP contribution is 2.20. The Labute approximate surface area is 188 Å². The lowest BCUT2D eigenvalue weighted by atomic mass is 9.97. The van der Waals surface area contributed by atoms with Crippen LogP contribution in [0.4, 0.5) is 0 Å². The Bertz CT molecular complexity index is 638. The molecule has 0 amide bonds. The highest BCUT2D eigenvalue weighted by atomic mass is 32.2. The summed E-state index contributed by atoms with van der Waals surface area (Å²) in [5, 5.41) is 18.7. The van der Waals surface area contributed by atoms with Crippen molar-refractivity contribution < 1.29 is 32.8 Å². The second-order valence-electron chi connectivity index (χ2n) is 8.30. The van der Waals surface area contributed by atoms with Crippen molar-refractivity contribution in [2.75, 3.05) is 5.75 Å². The number of carbonyl (C=O) groups is 2. The van der Waals surface area contributed by atoms with E-state index in [1.807, 2.05) is 0 Å². The summed E-state index contributed by atoms with van der Waals surface area (Å²) in [6.45, 7) is 2.23. The highest BCUT2D eigenvalue weighted by molar-refractivity contribution is 7.85. The molecule has 7 nitrogen and oxygen atoms in total. The zero-order valence-corrected chi connectivity index (χ0v) is 19.9. The van der Waals surface area contributed by atoms with Crippen molar-refractivity contribution in [3.63, 3.8) is 0 Å². The number of hydrogen-bond donors (Lipinski definition) is 3. The van der Waals surface area contributed by atoms with Crippen LogP contribution >= 0.6 is 0 Å². The Morgan fingerprint density at radius 2 is 0.903 bits per heavy atom. The predicted molar refractivity (Wildman–Crippen MR) is 123 cm³/mol. The molecule has 0 atom stereocenters. The third-order valence-electron chi connectivity index (χ3n) is 5.49. The summed E-state index contributed by atoms with van der Waals surface area (Å²) < 4.78 is 30.3. The molecule has 0 radical (unpaired) electrons. The van der Waals surface area contributed by atoms with Gasteiger partial charge in [0, 0.05) is 11.1 Å². The third-order valence-corrected chi connectivity index (χ3v) is 6.29. The Morgan fingerprint density at radius 1 is 0.581 bits per heavy atom. The summed E-state index contributed by atoms with van der Waals surface area (Å²) in [5.41, 5.74) is -0.437. The summed E-state index contributed by atoms with van der Waals surface area (Å²) in [4.78, 5) is 22.9. The summed E-state index contributed by atoms with van der Waals surface area (Å²) in [6, 6.07) is 0. The monoisotopic (exact) mass is 462 g/mol. The predicted octanol–water partition coefficient (Wildman–Crippen LogP) is 5.99. The number of aliphatic carboxylic acids is 2. The fraction of sp³-hybridized carbons (Fsp3) is 0.826. The van der Waals surface area contributed by atoms with E-state index in [0.717, 1.165) is 19.3 Å². The first kappa shape index (κ1) is 29.6. The van der Waals surface area contributed by atoms with Gasteiger partial charge in [0.1, 0.15) is 0 Å². The van der Waals surface area contributed by atoms with Crippen LogP contribution in [0.5, 0.6) is 0 Å². The van der Waals surface area contributed by atoms with E-state index >= 15 is 0 Å². The molecule has 0 aromatic heterocycles. The number of hydrogen-bond acceptors (Lipinski definition) is 4. The Balaban J connectivity index is 4.06. The molecular formula is C23H42O7S. The van der Waals surface area contributed by atoms with E-state index in [4.69, 9.17) is 4.55 Å². The van der Waals surface area contributed by atoms with Gasteiger partial charge in [-0.05, 0) is 25.7 Å². The van der Waals surface area contributed by atoms with Crippen LogP contribution in [0, 0.1) is 0 Å². The molecule has 0 aliphatic rings. The maximum Gasteiger partial charge on any atom is 0.332 e. The standard InChI is InChI=1S/C23H42O7S/c1-2-3-4-5-6-7-8-9-10-11-12-13-14-15-17-20(22(24)25)21(23(26)27)18-16-19-31(28,29)30/h2-19H2,1H3,(H,24,25)(H,26,27)(H,28,29,30)/b21-20-. The summed E-state index contributed by atoms with van der Waals surface area (Å²) in [5.74, 6) is -3.22. The molecule has 0 aromatic rings. The van der Waals surface area contributed by atoms with E-state index < -0.39 is 27.8 Å². The number of carboxylic acids is 2. The smallest absolute Gasteiger partial charge is 0.332 e.